The number of nitrogens with one attached hydrogen (secondary N) is 2. The number of fused-ring (bicyclic) bond motifs is 1. The topological polar surface area (TPSA) is 123 Å². The average molecular weight is 461 g/mol. The normalized spacial score (nSPS) is 11.8. The summed E-state index contributed by atoms with van der Waals surface area (Å²) in [6.45, 7) is 3.90. The number of nitrogen functional groups attached to an aromatic ring is 1. The van der Waals surface area contributed by atoms with Crippen molar-refractivity contribution in [3.05, 3.63) is 114 Å². The monoisotopic (exact) mass is 460 g/mol. The van der Waals surface area contributed by atoms with E-state index in [2.05, 4.69) is 27.9 Å². The largest absolute Gasteiger partial charge is 0.383 e. The first kappa shape index (κ1) is 21.9. The van der Waals surface area contributed by atoms with E-state index in [-0.39, 0.29) is 6.04 Å². The van der Waals surface area contributed by atoms with Crippen LogP contribution in [0.4, 0.5) is 11.5 Å². The Labute approximate surface area is 202 Å². The number of rotatable bonds is 7. The number of hydrogen-bond acceptors (Lipinski definition) is 5. The van der Waals surface area contributed by atoms with Crippen molar-refractivity contribution in [2.24, 2.45) is 5.73 Å². The van der Waals surface area contributed by atoms with Crippen LogP contribution in [0.2, 0.25) is 0 Å². The summed E-state index contributed by atoms with van der Waals surface area (Å²) in [6.07, 6.45) is 5.29. The Hall–Kier alpha value is -4.91. The van der Waals surface area contributed by atoms with E-state index in [4.69, 9.17) is 16.5 Å². The number of carbonyl (C=O) groups excluding carboxylic acids is 1. The van der Waals surface area contributed by atoms with Crippen LogP contribution in [-0.4, -0.2) is 20.9 Å². The number of H-pyrrole nitrogens is 1. The molecular weight excluding hydrogens is 436 g/mol. The molecule has 5 rings (SSSR count). The Morgan fingerprint density at radius 2 is 1.91 bits per heavy atom. The summed E-state index contributed by atoms with van der Waals surface area (Å²) in [4.78, 5) is 24.3. The van der Waals surface area contributed by atoms with E-state index in [1.54, 1.807) is 24.5 Å². The van der Waals surface area contributed by atoms with Gasteiger partial charge in [0.05, 0.1) is 5.69 Å². The number of nitrogens with zero attached hydrogens (tertiary/aromatic N) is 2. The lowest BCUT2D eigenvalue weighted by Gasteiger charge is -2.19. The number of hydrogen-bond donors (Lipinski definition) is 4. The fraction of sp³-hybridized carbons (Fsp3) is 0.0357. The molecule has 1 amide bonds. The van der Waals surface area contributed by atoms with Gasteiger partial charge < -0.3 is 21.8 Å². The standard InChI is InChI=1S/C28H24N6O/c1-2-17-6-5-7-19(14-17)25(33-20-10-11-21-18(15-20)12-13-31-26(21)29)28-32-16-24(34-28)22-8-3-4-9-23(22)27(30)35/h2-16,25,33H,1H2,(H2,29,31)(H2,30,35)(H,32,34). The molecule has 2 aromatic heterocycles. The number of carbonyl (C=O) groups is 1. The second-order valence-corrected chi connectivity index (χ2v) is 8.16. The third-order valence-electron chi connectivity index (χ3n) is 5.93. The number of imidazole rings is 1. The SMILES string of the molecule is C=Cc1cccc(C(Nc2ccc3c(N)nccc3c2)c2nc(-c3ccccc3C(N)=O)c[nH]2)c1. The van der Waals surface area contributed by atoms with Crippen molar-refractivity contribution in [2.75, 3.05) is 11.1 Å². The molecule has 0 saturated heterocycles. The molecular formula is C28H24N6O. The maximum atomic E-state index is 11.9. The van der Waals surface area contributed by atoms with Crippen LogP contribution in [0, 0.1) is 0 Å². The molecule has 5 aromatic rings. The number of amides is 1. The minimum atomic E-state index is -0.497. The highest BCUT2D eigenvalue weighted by Gasteiger charge is 2.20. The summed E-state index contributed by atoms with van der Waals surface area (Å²) in [5, 5.41) is 5.47. The molecule has 1 unspecified atom stereocenters. The van der Waals surface area contributed by atoms with Gasteiger partial charge in [0.25, 0.3) is 0 Å². The zero-order valence-electron chi connectivity index (χ0n) is 18.9. The number of benzene rings is 3. The summed E-state index contributed by atoms with van der Waals surface area (Å²) >= 11 is 0. The second-order valence-electron chi connectivity index (χ2n) is 8.16. The summed E-state index contributed by atoms with van der Waals surface area (Å²) < 4.78 is 0. The van der Waals surface area contributed by atoms with Crippen LogP contribution in [0.15, 0.2) is 91.8 Å². The summed E-state index contributed by atoms with van der Waals surface area (Å²) in [5.41, 5.74) is 16.2. The second kappa shape index (κ2) is 9.15. The molecule has 0 fully saturated rings. The van der Waals surface area contributed by atoms with Crippen LogP contribution in [0.25, 0.3) is 28.1 Å². The van der Waals surface area contributed by atoms with Crippen LogP contribution in [0.3, 0.4) is 0 Å². The number of aromatic nitrogens is 3. The summed E-state index contributed by atoms with van der Waals surface area (Å²) in [5.74, 6) is 0.686. The highest BCUT2D eigenvalue weighted by Crippen LogP contribution is 2.31. The van der Waals surface area contributed by atoms with Crippen molar-refractivity contribution in [3.8, 4) is 11.3 Å². The summed E-state index contributed by atoms with van der Waals surface area (Å²) in [6, 6.07) is 22.8. The number of pyridine rings is 1. The van der Waals surface area contributed by atoms with Crippen LogP contribution in [0.5, 0.6) is 0 Å². The molecule has 2 heterocycles. The zero-order valence-corrected chi connectivity index (χ0v) is 18.9. The molecule has 0 saturated carbocycles. The molecule has 7 heteroatoms. The number of primary amides is 1. The van der Waals surface area contributed by atoms with Crippen molar-refractivity contribution >= 4 is 34.3 Å². The summed E-state index contributed by atoms with van der Waals surface area (Å²) in [7, 11) is 0. The molecule has 0 radical (unpaired) electrons. The van der Waals surface area contributed by atoms with Crippen molar-refractivity contribution in [3.63, 3.8) is 0 Å². The molecule has 0 spiro atoms. The lowest BCUT2D eigenvalue weighted by molar-refractivity contribution is 0.100. The van der Waals surface area contributed by atoms with Crippen molar-refractivity contribution < 1.29 is 4.79 Å². The zero-order chi connectivity index (χ0) is 24.4. The minimum absolute atomic E-state index is 0.305. The van der Waals surface area contributed by atoms with Crippen LogP contribution in [0.1, 0.15) is 33.4 Å². The van der Waals surface area contributed by atoms with Crippen molar-refractivity contribution in [1.29, 1.82) is 0 Å². The van der Waals surface area contributed by atoms with E-state index in [1.165, 1.54) is 0 Å². The lowest BCUT2D eigenvalue weighted by atomic mass is 10.0. The van der Waals surface area contributed by atoms with Gasteiger partial charge in [0, 0.05) is 34.6 Å². The maximum Gasteiger partial charge on any atom is 0.249 e. The molecule has 172 valence electrons. The molecule has 7 nitrogen and oxygen atoms in total. The van der Waals surface area contributed by atoms with Crippen LogP contribution in [-0.2, 0) is 0 Å². The molecule has 3 aromatic carbocycles. The predicted octanol–water partition coefficient (Wildman–Crippen LogP) is 5.15. The lowest BCUT2D eigenvalue weighted by Crippen LogP contribution is -2.14. The van der Waals surface area contributed by atoms with Gasteiger partial charge in [-0.3, -0.25) is 4.79 Å². The van der Waals surface area contributed by atoms with Gasteiger partial charge in [-0.05, 0) is 52.9 Å². The van der Waals surface area contributed by atoms with E-state index < -0.39 is 5.91 Å². The number of anilines is 2. The Bertz CT molecular complexity index is 1550. The smallest absolute Gasteiger partial charge is 0.249 e. The van der Waals surface area contributed by atoms with E-state index in [1.807, 2.05) is 60.7 Å². The molecule has 1 atom stereocenters. The maximum absolute atomic E-state index is 11.9. The average Bonchev–Trinajstić information content (AvgIpc) is 3.37. The van der Waals surface area contributed by atoms with Crippen molar-refractivity contribution in [1.82, 2.24) is 15.0 Å². The Kier molecular flexibility index (Phi) is 5.73. The first-order valence-electron chi connectivity index (χ1n) is 11.1. The van der Waals surface area contributed by atoms with E-state index >= 15 is 0 Å². The third-order valence-corrected chi connectivity index (χ3v) is 5.93. The van der Waals surface area contributed by atoms with Crippen LogP contribution < -0.4 is 16.8 Å². The van der Waals surface area contributed by atoms with Crippen molar-refractivity contribution in [2.45, 2.75) is 6.04 Å². The van der Waals surface area contributed by atoms with E-state index in [0.29, 0.717) is 28.5 Å². The third kappa shape index (κ3) is 4.35. The van der Waals surface area contributed by atoms with E-state index in [0.717, 1.165) is 27.6 Å². The van der Waals surface area contributed by atoms with E-state index in [9.17, 15) is 4.79 Å². The molecule has 0 aliphatic heterocycles. The first-order valence-corrected chi connectivity index (χ1v) is 11.1. The fourth-order valence-electron chi connectivity index (χ4n) is 4.18. The highest BCUT2D eigenvalue weighted by molar-refractivity contribution is 5.99. The Balaban J connectivity index is 1.58. The molecule has 35 heavy (non-hydrogen) atoms. The fourth-order valence-corrected chi connectivity index (χ4v) is 4.18. The molecule has 0 aliphatic rings. The predicted molar refractivity (Wildman–Crippen MR) is 141 cm³/mol. The quantitative estimate of drug-likeness (QED) is 0.267. The van der Waals surface area contributed by atoms with Gasteiger partial charge in [0.2, 0.25) is 5.91 Å². The van der Waals surface area contributed by atoms with Gasteiger partial charge >= 0.3 is 0 Å². The van der Waals surface area contributed by atoms with Gasteiger partial charge in [0.1, 0.15) is 17.7 Å². The minimum Gasteiger partial charge on any atom is -0.383 e. The molecule has 0 bridgehead atoms. The van der Waals surface area contributed by atoms with Crippen LogP contribution >= 0.6 is 0 Å². The number of aromatic amines is 1. The van der Waals surface area contributed by atoms with Gasteiger partial charge in [-0.2, -0.15) is 0 Å². The highest BCUT2D eigenvalue weighted by atomic mass is 16.1. The van der Waals surface area contributed by atoms with Gasteiger partial charge in [-0.25, -0.2) is 9.97 Å². The number of nitrogens with two attached hydrogens (primary N) is 2. The first-order chi connectivity index (χ1) is 17.0. The van der Waals surface area contributed by atoms with Gasteiger partial charge in [-0.15, -0.1) is 0 Å². The Morgan fingerprint density at radius 3 is 2.74 bits per heavy atom. The molecule has 0 aliphatic carbocycles. The van der Waals surface area contributed by atoms with Gasteiger partial charge in [0.15, 0.2) is 0 Å². The Morgan fingerprint density at radius 1 is 1.06 bits per heavy atom. The van der Waals surface area contributed by atoms with Gasteiger partial charge in [-0.1, -0.05) is 49.1 Å². The molecule has 6 N–H and O–H groups in total.